The van der Waals surface area contributed by atoms with Gasteiger partial charge in [0.2, 0.25) is 0 Å². The summed E-state index contributed by atoms with van der Waals surface area (Å²) < 4.78 is 71.2. The highest BCUT2D eigenvalue weighted by atomic mass is 32.2. The van der Waals surface area contributed by atoms with Gasteiger partial charge in [0.15, 0.2) is 0 Å². The third kappa shape index (κ3) is 11.7. The largest absolute Gasteiger partial charge is 0.341 e. The first-order valence-corrected chi connectivity index (χ1v) is 25.8. The lowest BCUT2D eigenvalue weighted by Gasteiger charge is -2.29. The molecule has 2 N–H and O–H groups in total. The third-order valence-corrected chi connectivity index (χ3v) is 13.6. The molecule has 1 aliphatic carbocycles. The van der Waals surface area contributed by atoms with E-state index in [1.807, 2.05) is 30.3 Å². The van der Waals surface area contributed by atoms with E-state index in [4.69, 9.17) is 0 Å². The van der Waals surface area contributed by atoms with Crippen molar-refractivity contribution in [3.8, 4) is 11.3 Å². The summed E-state index contributed by atoms with van der Waals surface area (Å²) in [6.07, 6.45) is 11.4. The van der Waals surface area contributed by atoms with Gasteiger partial charge in [-0.05, 0) is 147 Å². The van der Waals surface area contributed by atoms with Crippen molar-refractivity contribution in [2.45, 2.75) is 78.7 Å². The lowest BCUT2D eigenvalue weighted by atomic mass is 9.82. The van der Waals surface area contributed by atoms with Crippen molar-refractivity contribution in [3.05, 3.63) is 185 Å². The molecule has 0 saturated carbocycles. The Morgan fingerprint density at radius 3 is 1.83 bits per heavy atom. The van der Waals surface area contributed by atoms with E-state index in [1.54, 1.807) is 6.07 Å². The summed E-state index contributed by atoms with van der Waals surface area (Å²) in [5, 5.41) is 1.37. The van der Waals surface area contributed by atoms with E-state index in [9.17, 15) is 25.9 Å². The van der Waals surface area contributed by atoms with Crippen molar-refractivity contribution in [1.29, 1.82) is 0 Å². The van der Waals surface area contributed by atoms with Crippen molar-refractivity contribution in [2.75, 3.05) is 22.9 Å². The Morgan fingerprint density at radius 2 is 1.30 bits per heavy atom. The summed E-state index contributed by atoms with van der Waals surface area (Å²) in [5.41, 5.74) is 10.4. The molecule has 0 radical (unpaired) electrons. The van der Waals surface area contributed by atoms with E-state index in [0.717, 1.165) is 88.7 Å². The molecule has 5 aromatic carbocycles. The highest BCUT2D eigenvalue weighted by Crippen LogP contribution is 2.45. The second-order valence-corrected chi connectivity index (χ2v) is 21.0. The van der Waals surface area contributed by atoms with Gasteiger partial charge in [0, 0.05) is 36.6 Å². The minimum absolute atomic E-state index is 0.238. The maximum atomic E-state index is 12.9. The van der Waals surface area contributed by atoms with E-state index in [0.29, 0.717) is 28.7 Å². The fourth-order valence-electron chi connectivity index (χ4n) is 8.57. The van der Waals surface area contributed by atoms with Crippen LogP contribution >= 0.6 is 0 Å². The Kier molecular flexibility index (Phi) is 15.1. The topological polar surface area (TPSA) is 120 Å². The van der Waals surface area contributed by atoms with Gasteiger partial charge in [0.1, 0.15) is 10.6 Å². The lowest BCUT2D eigenvalue weighted by molar-refractivity contribution is 0.483. The van der Waals surface area contributed by atoms with Gasteiger partial charge in [0.25, 0.3) is 20.2 Å². The molecule has 0 aliphatic heterocycles. The standard InChI is InChI=1S/C55H61N3O6S2/c1-39(2)32-35-56(46-22-14-41(5)15-23-46)48-26-18-43(19-27-48)53(44-20-28-49(29-21-44)57(36-33-40(3)4)47-24-16-42(6)17-25-47)54-51-38-50(66(62,63)64)30-31-52(51)58(34-10-11-37-65(59,60)61)55(54)45-12-8-7-9-13-45/h7-9,11-16,18-31,37-40,42H,10,17,32-36H2,1-6H3,(H-,59,60,61,62,63,64)/p+1/b37-11+. The molecular weight excluding hydrogens is 863 g/mol. The van der Waals surface area contributed by atoms with Gasteiger partial charge in [0.05, 0.1) is 50.3 Å². The Morgan fingerprint density at radius 1 is 0.742 bits per heavy atom. The van der Waals surface area contributed by atoms with E-state index in [1.165, 1.54) is 29.5 Å². The minimum atomic E-state index is -4.61. The molecule has 0 saturated heterocycles. The molecule has 7 rings (SSSR count). The summed E-state index contributed by atoms with van der Waals surface area (Å²) in [6.45, 7) is 15.2. The molecule has 9 nitrogen and oxygen atoms in total. The number of benzene rings is 5. The molecule has 0 spiro atoms. The number of anilines is 3. The molecule has 1 aromatic heterocycles. The highest BCUT2D eigenvalue weighted by Gasteiger charge is 2.34. The van der Waals surface area contributed by atoms with Crippen LogP contribution < -0.4 is 9.80 Å². The molecule has 0 amide bonds. The first-order valence-electron chi connectivity index (χ1n) is 22.9. The first-order chi connectivity index (χ1) is 31.5. The summed E-state index contributed by atoms with van der Waals surface area (Å²) in [6, 6.07) is 40.2. The summed E-state index contributed by atoms with van der Waals surface area (Å²) in [5.74, 6) is 2.34. The maximum Gasteiger partial charge on any atom is 0.295 e. The van der Waals surface area contributed by atoms with Gasteiger partial charge in [-0.15, -0.1) is 0 Å². The molecule has 344 valence electrons. The van der Waals surface area contributed by atoms with Gasteiger partial charge < -0.3 is 14.4 Å². The fourth-order valence-corrected chi connectivity index (χ4v) is 9.46. The number of aryl methyl sites for hydroxylation is 2. The highest BCUT2D eigenvalue weighted by molar-refractivity contribution is 7.88. The Bertz CT molecular complexity index is 2920. The molecular formula is C55H62N3O6S2+. The monoisotopic (exact) mass is 924 g/mol. The fraction of sp³-hybridized carbons (Fsp3) is 0.291. The van der Waals surface area contributed by atoms with Crippen molar-refractivity contribution in [1.82, 2.24) is 4.57 Å². The zero-order chi connectivity index (χ0) is 47.2. The van der Waals surface area contributed by atoms with Crippen LogP contribution in [-0.4, -0.2) is 43.6 Å². The van der Waals surface area contributed by atoms with Crippen molar-refractivity contribution in [2.24, 2.45) is 17.8 Å². The van der Waals surface area contributed by atoms with Gasteiger partial charge in [-0.25, -0.2) is 0 Å². The van der Waals surface area contributed by atoms with Crippen LogP contribution in [0.1, 0.15) is 82.6 Å². The minimum Gasteiger partial charge on any atom is -0.341 e. The first kappa shape index (κ1) is 48.1. The third-order valence-electron chi connectivity index (χ3n) is 12.2. The second-order valence-electron chi connectivity index (χ2n) is 18.2. The number of fused-ring (bicyclic) bond motifs is 1. The number of hydrogen-bond donors (Lipinski definition) is 2. The normalized spacial score (nSPS) is 14.4. The molecule has 6 aromatic rings. The number of hydrogen-bond acceptors (Lipinski definition) is 6. The Hall–Kier alpha value is -5.85. The Balaban J connectivity index is 1.47. The van der Waals surface area contributed by atoms with Gasteiger partial charge in [-0.2, -0.15) is 16.8 Å². The average Bonchev–Trinajstić information content (AvgIpc) is 3.60. The second kappa shape index (κ2) is 20.8. The van der Waals surface area contributed by atoms with Crippen molar-refractivity contribution in [3.63, 3.8) is 0 Å². The van der Waals surface area contributed by atoms with Gasteiger partial charge in [-0.3, -0.25) is 9.11 Å². The van der Waals surface area contributed by atoms with Crippen molar-refractivity contribution >= 4 is 48.2 Å². The summed E-state index contributed by atoms with van der Waals surface area (Å²) >= 11 is 0. The molecule has 1 aliphatic rings. The molecule has 1 heterocycles. The SMILES string of the molecule is Cc1ccc(N(CCC(C)C)c2ccc([C+](c3ccc(N(CCC(C)C)C4=CCC(C)C=C4)cc3)c3c(-c4ccccc4)n(CC/C=C/S(=O)(=O)O)c4ccc(S(=O)(=O)O)cc34)cc2)cc1. The van der Waals surface area contributed by atoms with Crippen LogP contribution in [0.3, 0.4) is 0 Å². The van der Waals surface area contributed by atoms with E-state index in [2.05, 4.69) is 147 Å². The van der Waals surface area contributed by atoms with Crippen molar-refractivity contribution < 1.29 is 25.9 Å². The van der Waals surface area contributed by atoms with E-state index < -0.39 is 20.2 Å². The van der Waals surface area contributed by atoms with Gasteiger partial charge >= 0.3 is 0 Å². The van der Waals surface area contributed by atoms with E-state index in [-0.39, 0.29) is 17.9 Å². The molecule has 66 heavy (non-hydrogen) atoms. The van der Waals surface area contributed by atoms with Crippen LogP contribution in [-0.2, 0) is 26.8 Å². The maximum absolute atomic E-state index is 12.9. The predicted octanol–water partition coefficient (Wildman–Crippen LogP) is 13.2. The molecule has 1 unspecified atom stereocenters. The quantitative estimate of drug-likeness (QED) is 0.0609. The van der Waals surface area contributed by atoms with Crippen LogP contribution in [0.2, 0.25) is 0 Å². The molecule has 11 heteroatoms. The average molecular weight is 925 g/mol. The van der Waals surface area contributed by atoms with Crippen LogP contribution in [0, 0.1) is 30.6 Å². The zero-order valence-corrected chi connectivity index (χ0v) is 40.4. The number of allylic oxidation sites excluding steroid dienone is 4. The molecule has 1 atom stereocenters. The predicted molar refractivity (Wildman–Crippen MR) is 271 cm³/mol. The molecule has 0 fully saturated rings. The summed E-state index contributed by atoms with van der Waals surface area (Å²) in [4.78, 5) is 4.49. The number of nitrogens with zero attached hydrogens (tertiary/aromatic N) is 3. The zero-order valence-electron chi connectivity index (χ0n) is 38.8. The summed E-state index contributed by atoms with van der Waals surface area (Å²) in [7, 11) is -8.97. The van der Waals surface area contributed by atoms with Gasteiger partial charge in [-0.1, -0.05) is 88.7 Å². The van der Waals surface area contributed by atoms with Crippen LogP contribution in [0.15, 0.2) is 162 Å². The smallest absolute Gasteiger partial charge is 0.295 e. The van der Waals surface area contributed by atoms with Crippen LogP contribution in [0.4, 0.5) is 17.1 Å². The number of aromatic nitrogens is 1. The Labute approximate surface area is 392 Å². The van der Waals surface area contributed by atoms with Crippen LogP contribution in [0.5, 0.6) is 0 Å². The number of rotatable bonds is 19. The molecule has 0 bridgehead atoms. The van der Waals surface area contributed by atoms with E-state index >= 15 is 0 Å². The van der Waals surface area contributed by atoms with Crippen LogP contribution in [0.25, 0.3) is 22.2 Å². The lowest BCUT2D eigenvalue weighted by Crippen LogP contribution is -2.25.